The van der Waals surface area contributed by atoms with Gasteiger partial charge in [-0.1, -0.05) is 17.7 Å². The maximum absolute atomic E-state index is 11.0. The highest BCUT2D eigenvalue weighted by atomic mass is 16.1. The second-order valence-corrected chi connectivity index (χ2v) is 5.18. The highest BCUT2D eigenvalue weighted by Gasteiger charge is 2.10. The van der Waals surface area contributed by atoms with E-state index >= 15 is 0 Å². The number of aryl methyl sites for hydroxylation is 4. The zero-order valence-electron chi connectivity index (χ0n) is 12.0. The van der Waals surface area contributed by atoms with Gasteiger partial charge in [0.15, 0.2) is 6.29 Å². The number of carbonyl (C=O) groups excluding carboxylic acids is 1. The molecule has 0 radical (unpaired) electrons. The van der Waals surface area contributed by atoms with Crippen LogP contribution in [-0.4, -0.2) is 15.8 Å². The number of hydrogen-bond donors (Lipinski definition) is 0. The maximum Gasteiger partial charge on any atom is 0.170 e. The number of rotatable bonds is 4. The summed E-state index contributed by atoms with van der Waals surface area (Å²) < 4.78 is 1.93. The lowest BCUT2D eigenvalue weighted by molar-refractivity contribution is 0.111. The first kappa shape index (κ1) is 13.5. The van der Waals surface area contributed by atoms with Crippen LogP contribution in [0.25, 0.3) is 0 Å². The van der Waals surface area contributed by atoms with Crippen LogP contribution >= 0.6 is 0 Å². The van der Waals surface area contributed by atoms with Gasteiger partial charge in [0.05, 0.1) is 6.33 Å². The molecule has 0 aliphatic carbocycles. The van der Waals surface area contributed by atoms with Gasteiger partial charge in [-0.2, -0.15) is 0 Å². The van der Waals surface area contributed by atoms with Gasteiger partial charge in [-0.15, -0.1) is 0 Å². The van der Waals surface area contributed by atoms with Crippen LogP contribution in [-0.2, 0) is 19.9 Å². The van der Waals surface area contributed by atoms with Gasteiger partial charge >= 0.3 is 0 Å². The molecule has 0 unspecified atom stereocenters. The monoisotopic (exact) mass is 256 g/mol. The summed E-state index contributed by atoms with van der Waals surface area (Å²) in [6.07, 6.45) is 4.33. The minimum atomic E-state index is 0.560. The second kappa shape index (κ2) is 5.39. The first-order valence-corrected chi connectivity index (χ1v) is 6.55. The highest BCUT2D eigenvalue weighted by Crippen LogP contribution is 2.19. The molecule has 3 heteroatoms. The van der Waals surface area contributed by atoms with Crippen molar-refractivity contribution < 1.29 is 4.79 Å². The number of imidazole rings is 1. The third kappa shape index (κ3) is 2.75. The summed E-state index contributed by atoms with van der Waals surface area (Å²) in [5, 5.41) is 0. The fourth-order valence-corrected chi connectivity index (χ4v) is 2.72. The van der Waals surface area contributed by atoms with Gasteiger partial charge in [-0.05, 0) is 50.3 Å². The molecule has 100 valence electrons. The van der Waals surface area contributed by atoms with Gasteiger partial charge in [0.25, 0.3) is 0 Å². The number of carbonyl (C=O) groups is 1. The van der Waals surface area contributed by atoms with Crippen LogP contribution in [0, 0.1) is 20.8 Å². The first-order valence-electron chi connectivity index (χ1n) is 6.55. The molecule has 0 aliphatic heterocycles. The van der Waals surface area contributed by atoms with E-state index in [1.54, 1.807) is 6.33 Å². The molecule has 0 saturated heterocycles. The van der Waals surface area contributed by atoms with Gasteiger partial charge < -0.3 is 4.57 Å². The molecule has 2 rings (SSSR count). The molecule has 0 N–H and O–H groups in total. The fourth-order valence-electron chi connectivity index (χ4n) is 2.72. The van der Waals surface area contributed by atoms with E-state index < -0.39 is 0 Å². The van der Waals surface area contributed by atoms with Crippen LogP contribution in [0.2, 0.25) is 0 Å². The lowest BCUT2D eigenvalue weighted by atomic mass is 9.95. The summed E-state index contributed by atoms with van der Waals surface area (Å²) in [6, 6.07) is 4.43. The summed E-state index contributed by atoms with van der Waals surface area (Å²) >= 11 is 0. The van der Waals surface area contributed by atoms with Gasteiger partial charge in [-0.25, -0.2) is 4.98 Å². The predicted molar refractivity (Wildman–Crippen MR) is 76.7 cm³/mol. The Labute approximate surface area is 114 Å². The Kier molecular flexibility index (Phi) is 3.84. The van der Waals surface area contributed by atoms with Crippen molar-refractivity contribution >= 4 is 6.29 Å². The van der Waals surface area contributed by atoms with E-state index in [2.05, 4.69) is 37.9 Å². The molecule has 2 aromatic rings. The van der Waals surface area contributed by atoms with Crippen molar-refractivity contribution in [3.8, 4) is 0 Å². The van der Waals surface area contributed by atoms with E-state index in [0.717, 1.165) is 24.8 Å². The van der Waals surface area contributed by atoms with Crippen LogP contribution in [0.15, 0.2) is 18.5 Å². The minimum absolute atomic E-state index is 0.560. The number of hydrogen-bond acceptors (Lipinski definition) is 2. The minimum Gasteiger partial charge on any atom is -0.337 e. The molecule has 0 aliphatic rings. The highest BCUT2D eigenvalue weighted by molar-refractivity contribution is 5.73. The predicted octanol–water partition coefficient (Wildman–Crippen LogP) is 2.94. The Balaban J connectivity index is 2.24. The van der Waals surface area contributed by atoms with Gasteiger partial charge in [-0.3, -0.25) is 4.79 Å². The third-order valence-corrected chi connectivity index (χ3v) is 3.66. The Morgan fingerprint density at radius 2 is 1.79 bits per heavy atom. The van der Waals surface area contributed by atoms with E-state index in [1.807, 2.05) is 11.6 Å². The van der Waals surface area contributed by atoms with Crippen LogP contribution in [0.5, 0.6) is 0 Å². The van der Waals surface area contributed by atoms with Crippen molar-refractivity contribution in [1.82, 2.24) is 9.55 Å². The number of aromatic nitrogens is 2. The Morgan fingerprint density at radius 3 is 2.37 bits per heavy atom. The van der Waals surface area contributed by atoms with Crippen LogP contribution < -0.4 is 0 Å². The van der Waals surface area contributed by atoms with Crippen molar-refractivity contribution in [2.75, 3.05) is 0 Å². The summed E-state index contributed by atoms with van der Waals surface area (Å²) in [6.45, 7) is 6.42. The Morgan fingerprint density at radius 1 is 1.16 bits per heavy atom. The Bertz CT molecular complexity index is 588. The van der Waals surface area contributed by atoms with Crippen molar-refractivity contribution in [2.45, 2.75) is 33.6 Å². The van der Waals surface area contributed by atoms with Crippen LogP contribution in [0.3, 0.4) is 0 Å². The van der Waals surface area contributed by atoms with E-state index in [0.29, 0.717) is 5.69 Å². The second-order valence-electron chi connectivity index (χ2n) is 5.18. The zero-order chi connectivity index (χ0) is 14.0. The molecule has 0 atom stereocenters. The largest absolute Gasteiger partial charge is 0.337 e. The Hall–Kier alpha value is -1.90. The van der Waals surface area contributed by atoms with Crippen molar-refractivity contribution in [3.05, 3.63) is 52.1 Å². The molecule has 0 fully saturated rings. The summed E-state index contributed by atoms with van der Waals surface area (Å²) in [5.74, 6) is 0. The van der Waals surface area contributed by atoms with E-state index in [1.165, 1.54) is 22.3 Å². The lowest BCUT2D eigenvalue weighted by Gasteiger charge is -2.11. The topological polar surface area (TPSA) is 34.9 Å². The average molecular weight is 256 g/mol. The molecule has 1 aromatic carbocycles. The van der Waals surface area contributed by atoms with E-state index in [-0.39, 0.29) is 0 Å². The van der Waals surface area contributed by atoms with Crippen LogP contribution in [0.4, 0.5) is 0 Å². The van der Waals surface area contributed by atoms with Crippen molar-refractivity contribution in [1.29, 1.82) is 0 Å². The van der Waals surface area contributed by atoms with Crippen molar-refractivity contribution in [3.63, 3.8) is 0 Å². The SMILES string of the molecule is Cc1cc(C)c(CCc2c(C=O)ncn2C)c(C)c1. The molecule has 19 heavy (non-hydrogen) atoms. The first-order chi connectivity index (χ1) is 9.02. The fraction of sp³-hybridized carbons (Fsp3) is 0.375. The lowest BCUT2D eigenvalue weighted by Crippen LogP contribution is -2.04. The summed E-state index contributed by atoms with van der Waals surface area (Å²) in [5.41, 5.74) is 6.90. The van der Waals surface area contributed by atoms with E-state index in [4.69, 9.17) is 0 Å². The molecule has 0 spiro atoms. The zero-order valence-corrected chi connectivity index (χ0v) is 12.0. The van der Waals surface area contributed by atoms with Crippen LogP contribution in [0.1, 0.15) is 38.4 Å². The molecule has 0 bridgehead atoms. The van der Waals surface area contributed by atoms with E-state index in [9.17, 15) is 4.79 Å². The molecular weight excluding hydrogens is 236 g/mol. The molecule has 0 amide bonds. The molecule has 3 nitrogen and oxygen atoms in total. The van der Waals surface area contributed by atoms with Gasteiger partial charge in [0.2, 0.25) is 0 Å². The maximum atomic E-state index is 11.0. The summed E-state index contributed by atoms with van der Waals surface area (Å²) in [7, 11) is 1.93. The van der Waals surface area contributed by atoms with Gasteiger partial charge in [0, 0.05) is 12.7 Å². The third-order valence-electron chi connectivity index (χ3n) is 3.66. The normalized spacial score (nSPS) is 10.7. The average Bonchev–Trinajstić information content (AvgIpc) is 2.69. The molecule has 1 heterocycles. The number of aldehydes is 1. The molecule has 1 aromatic heterocycles. The van der Waals surface area contributed by atoms with Crippen molar-refractivity contribution in [2.24, 2.45) is 7.05 Å². The quantitative estimate of drug-likeness (QED) is 0.788. The smallest absolute Gasteiger partial charge is 0.170 e. The standard InChI is InChI=1S/C16H20N2O/c1-11-7-12(2)14(13(3)8-11)5-6-16-15(9-19)17-10-18(16)4/h7-10H,5-6H2,1-4H3. The number of benzene rings is 1. The molecular formula is C16H20N2O. The van der Waals surface area contributed by atoms with Gasteiger partial charge in [0.1, 0.15) is 5.69 Å². The number of nitrogens with zero attached hydrogens (tertiary/aromatic N) is 2. The summed E-state index contributed by atoms with van der Waals surface area (Å²) in [4.78, 5) is 15.1. The molecule has 0 saturated carbocycles.